The fraction of sp³-hybridized carbons (Fsp3) is 0.556. The van der Waals surface area contributed by atoms with Crippen LogP contribution in [0.1, 0.15) is 13.3 Å². The zero-order chi connectivity index (χ0) is 20.9. The molecule has 28 heavy (non-hydrogen) atoms. The Morgan fingerprint density at radius 2 is 2.00 bits per heavy atom. The number of ether oxygens (including phenoxy) is 2. The second-order valence-electron chi connectivity index (χ2n) is 6.48. The van der Waals surface area contributed by atoms with Gasteiger partial charge in [0.25, 0.3) is 0 Å². The van der Waals surface area contributed by atoms with Crippen molar-refractivity contribution in [2.75, 3.05) is 13.7 Å². The number of methoxy groups -OCH3 is 1. The third-order valence-corrected chi connectivity index (χ3v) is 5.65. The molecule has 156 valence electrons. The Balaban J connectivity index is 2.43. The zero-order valence-electron chi connectivity index (χ0n) is 15.5. The summed E-state index contributed by atoms with van der Waals surface area (Å²) < 4.78 is 10.8. The van der Waals surface area contributed by atoms with Crippen molar-refractivity contribution < 1.29 is 39.5 Å². The molecule has 0 aromatic heterocycles. The van der Waals surface area contributed by atoms with Crippen LogP contribution >= 0.6 is 11.8 Å². The van der Waals surface area contributed by atoms with Gasteiger partial charge in [-0.3, -0.25) is 4.79 Å². The van der Waals surface area contributed by atoms with Crippen LogP contribution in [0.4, 0.5) is 0 Å². The Labute approximate surface area is 166 Å². The van der Waals surface area contributed by atoms with Crippen molar-refractivity contribution in [2.45, 2.75) is 53.6 Å². The number of hydrogen-bond acceptors (Lipinski definition) is 9. The molecular weight excluding hydrogens is 390 g/mol. The van der Waals surface area contributed by atoms with E-state index < -0.39 is 53.9 Å². The molecule has 9 nitrogen and oxygen atoms in total. The number of thioether (sulfide) groups is 1. The number of amides is 1. The molecule has 0 bridgehead atoms. The SMILES string of the molecule is COC(=O)[C@@]1(Sc2ccccc2)C[C@H](O)[C@@H](NC(C)=O)[C@H]([C@H](O)[C@H](O)CO)O1. The topological polar surface area (TPSA) is 146 Å². The van der Waals surface area contributed by atoms with E-state index >= 15 is 0 Å². The number of carbonyl (C=O) groups is 2. The van der Waals surface area contributed by atoms with Crippen LogP contribution in [0.3, 0.4) is 0 Å². The number of rotatable bonds is 7. The number of aliphatic hydroxyl groups excluding tert-OH is 4. The van der Waals surface area contributed by atoms with Crippen LogP contribution in [-0.2, 0) is 19.1 Å². The van der Waals surface area contributed by atoms with Crippen LogP contribution in [0.2, 0.25) is 0 Å². The van der Waals surface area contributed by atoms with Gasteiger partial charge in [-0.25, -0.2) is 4.79 Å². The first kappa shape index (κ1) is 22.6. The summed E-state index contributed by atoms with van der Waals surface area (Å²) in [6.07, 6.45) is -6.20. The van der Waals surface area contributed by atoms with Gasteiger partial charge in [0.2, 0.25) is 10.8 Å². The molecule has 1 aliphatic rings. The molecule has 1 aromatic rings. The average molecular weight is 415 g/mol. The molecule has 5 N–H and O–H groups in total. The van der Waals surface area contributed by atoms with Crippen molar-refractivity contribution in [3.63, 3.8) is 0 Å². The highest BCUT2D eigenvalue weighted by atomic mass is 32.2. The van der Waals surface area contributed by atoms with Crippen LogP contribution in [0.15, 0.2) is 35.2 Å². The van der Waals surface area contributed by atoms with Gasteiger partial charge in [0.1, 0.15) is 18.3 Å². The largest absolute Gasteiger partial charge is 0.466 e. The first-order valence-corrected chi connectivity index (χ1v) is 9.48. The van der Waals surface area contributed by atoms with Crippen molar-refractivity contribution in [3.05, 3.63) is 30.3 Å². The number of nitrogens with one attached hydrogen (secondary N) is 1. The minimum atomic E-state index is -1.73. The van der Waals surface area contributed by atoms with Crippen LogP contribution < -0.4 is 5.32 Å². The lowest BCUT2D eigenvalue weighted by molar-refractivity contribution is -0.206. The predicted molar refractivity (Wildman–Crippen MR) is 99.2 cm³/mol. The monoisotopic (exact) mass is 415 g/mol. The lowest BCUT2D eigenvalue weighted by Gasteiger charge is -2.47. The summed E-state index contributed by atoms with van der Waals surface area (Å²) in [6, 6.07) is 7.67. The summed E-state index contributed by atoms with van der Waals surface area (Å²) in [5.41, 5.74) is 0. The van der Waals surface area contributed by atoms with E-state index in [0.29, 0.717) is 4.90 Å². The van der Waals surface area contributed by atoms with Crippen molar-refractivity contribution in [1.82, 2.24) is 5.32 Å². The number of benzene rings is 1. The molecule has 0 saturated carbocycles. The zero-order valence-corrected chi connectivity index (χ0v) is 16.3. The fourth-order valence-electron chi connectivity index (χ4n) is 3.06. The van der Waals surface area contributed by atoms with Crippen LogP contribution in [-0.4, -0.2) is 81.4 Å². The van der Waals surface area contributed by atoms with Gasteiger partial charge in [0.05, 0.1) is 25.9 Å². The van der Waals surface area contributed by atoms with E-state index in [-0.39, 0.29) is 6.42 Å². The summed E-state index contributed by atoms with van der Waals surface area (Å²) in [6.45, 7) is 0.445. The second-order valence-corrected chi connectivity index (χ2v) is 7.82. The third kappa shape index (κ3) is 5.02. The summed E-state index contributed by atoms with van der Waals surface area (Å²) in [4.78, 5) is 23.1. The molecule has 1 saturated heterocycles. The number of aliphatic hydroxyl groups is 4. The van der Waals surface area contributed by atoms with Gasteiger partial charge in [0, 0.05) is 18.2 Å². The summed E-state index contributed by atoms with van der Waals surface area (Å²) >= 11 is 0.985. The van der Waals surface area contributed by atoms with Gasteiger partial charge in [-0.05, 0) is 12.1 Å². The van der Waals surface area contributed by atoms with Gasteiger partial charge in [-0.15, -0.1) is 0 Å². The van der Waals surface area contributed by atoms with Crippen LogP contribution in [0.25, 0.3) is 0 Å². The smallest absolute Gasteiger partial charge is 0.349 e. The third-order valence-electron chi connectivity index (χ3n) is 4.38. The standard InChI is InChI=1S/C18H25NO8S/c1-10(21)19-14-12(22)8-18(17(25)26-2,28-11-6-4-3-5-7-11)27-16(14)15(24)13(23)9-20/h3-7,12-16,20,22-24H,8-9H2,1-2H3,(H,19,21)/t12-,13+,14+,15+,16+,18-/m0/s1. The van der Waals surface area contributed by atoms with Crippen LogP contribution in [0.5, 0.6) is 0 Å². The van der Waals surface area contributed by atoms with E-state index in [1.165, 1.54) is 14.0 Å². The molecular formula is C18H25NO8S. The molecule has 0 radical (unpaired) electrons. The van der Waals surface area contributed by atoms with E-state index in [1.54, 1.807) is 30.3 Å². The average Bonchev–Trinajstić information content (AvgIpc) is 2.68. The molecule has 1 aromatic carbocycles. The van der Waals surface area contributed by atoms with Crippen LogP contribution in [0, 0.1) is 0 Å². The number of carbonyl (C=O) groups excluding carboxylic acids is 2. The minimum absolute atomic E-state index is 0.234. The van der Waals surface area contributed by atoms with Crippen molar-refractivity contribution in [3.8, 4) is 0 Å². The summed E-state index contributed by atoms with van der Waals surface area (Å²) in [5.74, 6) is -1.29. The molecule has 0 spiro atoms. The lowest BCUT2D eigenvalue weighted by Crippen LogP contribution is -2.66. The Morgan fingerprint density at radius 3 is 2.54 bits per heavy atom. The molecule has 2 rings (SSSR count). The van der Waals surface area contributed by atoms with E-state index in [9.17, 15) is 30.0 Å². The normalized spacial score (nSPS) is 29.6. The Morgan fingerprint density at radius 1 is 1.36 bits per heavy atom. The molecule has 1 heterocycles. The Bertz CT molecular complexity index is 675. The lowest BCUT2D eigenvalue weighted by atomic mass is 9.89. The maximum atomic E-state index is 12.6. The quantitative estimate of drug-likeness (QED) is 0.355. The van der Waals surface area contributed by atoms with Crippen molar-refractivity contribution >= 4 is 23.6 Å². The highest BCUT2D eigenvalue weighted by Gasteiger charge is 2.55. The van der Waals surface area contributed by atoms with E-state index in [0.717, 1.165) is 11.8 Å². The highest BCUT2D eigenvalue weighted by Crippen LogP contribution is 2.44. The Kier molecular flexibility index (Phi) is 7.81. The molecule has 6 atom stereocenters. The summed E-state index contributed by atoms with van der Waals surface area (Å²) in [7, 11) is 1.17. The van der Waals surface area contributed by atoms with Gasteiger partial charge in [0.15, 0.2) is 0 Å². The maximum absolute atomic E-state index is 12.6. The second kappa shape index (κ2) is 9.68. The number of esters is 1. The molecule has 1 fully saturated rings. The van der Waals surface area contributed by atoms with Crippen molar-refractivity contribution in [2.24, 2.45) is 0 Å². The van der Waals surface area contributed by atoms with Gasteiger partial charge >= 0.3 is 5.97 Å². The van der Waals surface area contributed by atoms with Gasteiger partial charge in [-0.1, -0.05) is 30.0 Å². The molecule has 10 heteroatoms. The first-order valence-electron chi connectivity index (χ1n) is 8.66. The molecule has 1 amide bonds. The van der Waals surface area contributed by atoms with E-state index in [2.05, 4.69) is 5.32 Å². The minimum Gasteiger partial charge on any atom is -0.466 e. The maximum Gasteiger partial charge on any atom is 0.349 e. The molecule has 1 aliphatic heterocycles. The van der Waals surface area contributed by atoms with Gasteiger partial charge in [-0.2, -0.15) is 0 Å². The number of hydrogen-bond donors (Lipinski definition) is 5. The van der Waals surface area contributed by atoms with E-state index in [4.69, 9.17) is 9.47 Å². The van der Waals surface area contributed by atoms with Crippen molar-refractivity contribution in [1.29, 1.82) is 0 Å². The van der Waals surface area contributed by atoms with E-state index in [1.807, 2.05) is 0 Å². The highest BCUT2D eigenvalue weighted by molar-refractivity contribution is 8.01. The molecule has 0 unspecified atom stereocenters. The van der Waals surface area contributed by atoms with Gasteiger partial charge < -0.3 is 35.2 Å². The summed E-state index contributed by atoms with van der Waals surface area (Å²) in [5, 5.41) is 42.6. The Hall–Kier alpha value is -1.69. The fourth-order valence-corrected chi connectivity index (χ4v) is 4.31. The molecule has 0 aliphatic carbocycles. The predicted octanol–water partition coefficient (Wildman–Crippen LogP) is -0.983. The first-order chi connectivity index (χ1) is 13.2.